The number of aromatic nitrogens is 2. The number of rotatable bonds is 7. The Morgan fingerprint density at radius 1 is 1.43 bits per heavy atom. The molecule has 0 bridgehead atoms. The first-order valence-corrected chi connectivity index (χ1v) is 8.06. The molecule has 1 N–H and O–H groups in total. The van der Waals surface area contributed by atoms with Crippen molar-refractivity contribution in [1.29, 1.82) is 0 Å². The molecule has 1 saturated carbocycles. The number of hydrogen-bond donors (Lipinski definition) is 1. The molecule has 0 saturated heterocycles. The zero-order chi connectivity index (χ0) is 16.2. The van der Waals surface area contributed by atoms with Gasteiger partial charge < -0.3 is 14.7 Å². The zero-order valence-electron chi connectivity index (χ0n) is 13.6. The molecule has 3 rings (SSSR count). The largest absolute Gasteiger partial charge is 0.376 e. The number of carbonyl (C=O) groups is 1. The van der Waals surface area contributed by atoms with Crippen LogP contribution in [0.1, 0.15) is 49.9 Å². The second kappa shape index (κ2) is 6.81. The SMILES string of the molecule is CCN(Cc1cccc(NCc2nc(C3CC3)no2)c1)C(C)=O. The molecular formula is C17H22N4O2. The maximum absolute atomic E-state index is 11.5. The van der Waals surface area contributed by atoms with E-state index in [1.54, 1.807) is 11.8 Å². The summed E-state index contributed by atoms with van der Waals surface area (Å²) in [5.74, 6) is 2.03. The molecule has 1 aliphatic carbocycles. The fourth-order valence-electron chi connectivity index (χ4n) is 2.47. The Morgan fingerprint density at radius 2 is 2.26 bits per heavy atom. The second-order valence-corrected chi connectivity index (χ2v) is 5.91. The molecule has 1 fully saturated rings. The van der Waals surface area contributed by atoms with Crippen LogP contribution in [0.2, 0.25) is 0 Å². The van der Waals surface area contributed by atoms with Crippen LogP contribution in [-0.4, -0.2) is 27.5 Å². The zero-order valence-corrected chi connectivity index (χ0v) is 13.6. The average molecular weight is 314 g/mol. The third-order valence-corrected chi connectivity index (χ3v) is 4.00. The molecule has 1 heterocycles. The van der Waals surface area contributed by atoms with Gasteiger partial charge in [0, 0.05) is 31.6 Å². The summed E-state index contributed by atoms with van der Waals surface area (Å²) in [5.41, 5.74) is 2.07. The van der Waals surface area contributed by atoms with Crippen molar-refractivity contribution in [3.05, 3.63) is 41.5 Å². The minimum atomic E-state index is 0.0873. The van der Waals surface area contributed by atoms with Gasteiger partial charge in [-0.15, -0.1) is 0 Å². The van der Waals surface area contributed by atoms with Crippen LogP contribution in [-0.2, 0) is 17.9 Å². The van der Waals surface area contributed by atoms with E-state index < -0.39 is 0 Å². The summed E-state index contributed by atoms with van der Waals surface area (Å²) in [6.07, 6.45) is 2.33. The molecular weight excluding hydrogens is 292 g/mol. The highest BCUT2D eigenvalue weighted by molar-refractivity contribution is 5.73. The van der Waals surface area contributed by atoms with Gasteiger partial charge in [-0.05, 0) is 37.5 Å². The van der Waals surface area contributed by atoms with Gasteiger partial charge in [-0.2, -0.15) is 4.98 Å². The predicted molar refractivity (Wildman–Crippen MR) is 86.8 cm³/mol. The Hall–Kier alpha value is -2.37. The number of amides is 1. The molecule has 2 aromatic rings. The smallest absolute Gasteiger partial charge is 0.245 e. The number of anilines is 1. The van der Waals surface area contributed by atoms with E-state index in [0.29, 0.717) is 31.4 Å². The van der Waals surface area contributed by atoms with Gasteiger partial charge in [-0.3, -0.25) is 4.79 Å². The van der Waals surface area contributed by atoms with E-state index in [1.165, 1.54) is 12.8 Å². The molecule has 0 spiro atoms. The van der Waals surface area contributed by atoms with Gasteiger partial charge in [0.1, 0.15) is 0 Å². The van der Waals surface area contributed by atoms with E-state index in [-0.39, 0.29) is 5.91 Å². The monoisotopic (exact) mass is 314 g/mol. The average Bonchev–Trinajstić information content (AvgIpc) is 3.29. The van der Waals surface area contributed by atoms with Gasteiger partial charge in [0.15, 0.2) is 5.82 Å². The van der Waals surface area contributed by atoms with E-state index in [0.717, 1.165) is 17.1 Å². The standard InChI is InChI=1S/C17H22N4O2/c1-3-21(12(2)22)11-13-5-4-6-15(9-13)18-10-16-19-17(20-23-16)14-7-8-14/h4-6,9,14,18H,3,7-8,10-11H2,1-2H3. The van der Waals surface area contributed by atoms with Crippen molar-refractivity contribution in [3.63, 3.8) is 0 Å². The number of carbonyl (C=O) groups excluding carboxylic acids is 1. The summed E-state index contributed by atoms with van der Waals surface area (Å²) in [5, 5.41) is 7.30. The molecule has 1 aromatic carbocycles. The van der Waals surface area contributed by atoms with E-state index in [4.69, 9.17) is 4.52 Å². The van der Waals surface area contributed by atoms with E-state index in [2.05, 4.69) is 15.5 Å². The summed E-state index contributed by atoms with van der Waals surface area (Å²) < 4.78 is 5.25. The summed E-state index contributed by atoms with van der Waals surface area (Å²) in [6.45, 7) is 5.41. The highest BCUT2D eigenvalue weighted by Crippen LogP contribution is 2.38. The molecule has 6 heteroatoms. The lowest BCUT2D eigenvalue weighted by atomic mass is 10.2. The second-order valence-electron chi connectivity index (χ2n) is 5.91. The lowest BCUT2D eigenvalue weighted by Gasteiger charge is -2.19. The van der Waals surface area contributed by atoms with Gasteiger partial charge in [-0.1, -0.05) is 17.3 Å². The summed E-state index contributed by atoms with van der Waals surface area (Å²) in [4.78, 5) is 17.7. The van der Waals surface area contributed by atoms with Gasteiger partial charge >= 0.3 is 0 Å². The molecule has 122 valence electrons. The van der Waals surface area contributed by atoms with E-state index in [9.17, 15) is 4.79 Å². The molecule has 0 unspecified atom stereocenters. The third kappa shape index (κ3) is 4.09. The van der Waals surface area contributed by atoms with Crippen LogP contribution in [0.5, 0.6) is 0 Å². The normalized spacial score (nSPS) is 13.8. The van der Waals surface area contributed by atoms with Crippen LogP contribution in [0.4, 0.5) is 5.69 Å². The maximum Gasteiger partial charge on any atom is 0.245 e. The van der Waals surface area contributed by atoms with Crippen molar-refractivity contribution >= 4 is 11.6 Å². The van der Waals surface area contributed by atoms with Crippen LogP contribution in [0.15, 0.2) is 28.8 Å². The third-order valence-electron chi connectivity index (χ3n) is 4.00. The number of nitrogens with one attached hydrogen (secondary N) is 1. The minimum absolute atomic E-state index is 0.0873. The minimum Gasteiger partial charge on any atom is -0.376 e. The lowest BCUT2D eigenvalue weighted by Crippen LogP contribution is -2.27. The lowest BCUT2D eigenvalue weighted by molar-refractivity contribution is -0.129. The molecule has 1 amide bonds. The Kier molecular flexibility index (Phi) is 4.60. The van der Waals surface area contributed by atoms with Gasteiger partial charge in [0.2, 0.25) is 11.8 Å². The number of hydrogen-bond acceptors (Lipinski definition) is 5. The van der Waals surface area contributed by atoms with Crippen LogP contribution >= 0.6 is 0 Å². The van der Waals surface area contributed by atoms with Crippen molar-refractivity contribution < 1.29 is 9.32 Å². The summed E-state index contributed by atoms with van der Waals surface area (Å²) in [7, 11) is 0. The molecule has 0 aliphatic heterocycles. The summed E-state index contributed by atoms with van der Waals surface area (Å²) in [6, 6.07) is 8.04. The number of benzene rings is 1. The molecule has 0 atom stereocenters. The molecule has 6 nitrogen and oxygen atoms in total. The molecule has 1 aromatic heterocycles. The van der Waals surface area contributed by atoms with Gasteiger partial charge in [0.25, 0.3) is 0 Å². The topological polar surface area (TPSA) is 71.3 Å². The van der Waals surface area contributed by atoms with E-state index in [1.807, 2.05) is 31.2 Å². The van der Waals surface area contributed by atoms with Crippen LogP contribution in [0, 0.1) is 0 Å². The van der Waals surface area contributed by atoms with Crippen molar-refractivity contribution in [1.82, 2.24) is 15.0 Å². The first kappa shape index (κ1) is 15.5. The number of nitrogens with zero attached hydrogens (tertiary/aromatic N) is 3. The Bertz CT molecular complexity index is 679. The fraction of sp³-hybridized carbons (Fsp3) is 0.471. The Labute approximate surface area is 135 Å². The first-order chi connectivity index (χ1) is 11.2. The molecule has 1 aliphatic rings. The van der Waals surface area contributed by atoms with Crippen LogP contribution < -0.4 is 5.32 Å². The maximum atomic E-state index is 11.5. The van der Waals surface area contributed by atoms with Gasteiger partial charge in [0.05, 0.1) is 6.54 Å². The van der Waals surface area contributed by atoms with Crippen molar-refractivity contribution in [2.24, 2.45) is 0 Å². The van der Waals surface area contributed by atoms with Crippen molar-refractivity contribution in [2.45, 2.75) is 45.7 Å². The van der Waals surface area contributed by atoms with Crippen molar-refractivity contribution in [3.8, 4) is 0 Å². The fourth-order valence-corrected chi connectivity index (χ4v) is 2.47. The molecule has 0 radical (unpaired) electrons. The van der Waals surface area contributed by atoms with Crippen LogP contribution in [0.25, 0.3) is 0 Å². The van der Waals surface area contributed by atoms with E-state index >= 15 is 0 Å². The highest BCUT2D eigenvalue weighted by atomic mass is 16.5. The highest BCUT2D eigenvalue weighted by Gasteiger charge is 2.28. The van der Waals surface area contributed by atoms with Crippen LogP contribution in [0.3, 0.4) is 0 Å². The quantitative estimate of drug-likeness (QED) is 0.851. The Balaban J connectivity index is 1.59. The predicted octanol–water partition coefficient (Wildman–Crippen LogP) is 2.93. The Morgan fingerprint density at radius 3 is 2.96 bits per heavy atom. The first-order valence-electron chi connectivity index (χ1n) is 8.06. The van der Waals surface area contributed by atoms with Crippen molar-refractivity contribution in [2.75, 3.05) is 11.9 Å². The molecule has 23 heavy (non-hydrogen) atoms. The van der Waals surface area contributed by atoms with Gasteiger partial charge in [-0.25, -0.2) is 0 Å². The summed E-state index contributed by atoms with van der Waals surface area (Å²) >= 11 is 0.